The number of hydrogen-bond acceptors (Lipinski definition) is 6. The van der Waals surface area contributed by atoms with Gasteiger partial charge in [0, 0.05) is 41.9 Å². The number of rotatable bonds is 7. The molecule has 5 atom stereocenters. The lowest BCUT2D eigenvalue weighted by Gasteiger charge is -2.37. The Labute approximate surface area is 269 Å². The summed E-state index contributed by atoms with van der Waals surface area (Å²) in [5, 5.41) is 13.1. The van der Waals surface area contributed by atoms with Crippen LogP contribution in [0.3, 0.4) is 0 Å². The molecule has 11 heteroatoms. The topological polar surface area (TPSA) is 108 Å². The molecule has 242 valence electrons. The van der Waals surface area contributed by atoms with Crippen LogP contribution in [0, 0.1) is 5.92 Å². The molecule has 9 nitrogen and oxygen atoms in total. The van der Waals surface area contributed by atoms with Crippen LogP contribution in [0.25, 0.3) is 0 Å². The highest BCUT2D eigenvalue weighted by molar-refractivity contribution is 6.72. The molecular formula is C35H40FN3O6Si. The van der Waals surface area contributed by atoms with Crippen molar-refractivity contribution >= 4 is 37.5 Å². The van der Waals surface area contributed by atoms with E-state index in [1.807, 2.05) is 31.2 Å². The van der Waals surface area contributed by atoms with Crippen molar-refractivity contribution < 1.29 is 33.1 Å². The van der Waals surface area contributed by atoms with Gasteiger partial charge in [0.25, 0.3) is 11.8 Å². The molecule has 3 aromatic carbocycles. The van der Waals surface area contributed by atoms with E-state index in [1.54, 1.807) is 74.6 Å². The first kappa shape index (κ1) is 31.9. The van der Waals surface area contributed by atoms with Crippen molar-refractivity contribution in [1.82, 2.24) is 4.90 Å². The maximum Gasteiger partial charge on any atom is 0.264 e. The van der Waals surface area contributed by atoms with Gasteiger partial charge in [0.2, 0.25) is 14.3 Å². The quantitative estimate of drug-likeness (QED) is 0.276. The molecule has 0 aromatic heterocycles. The maximum absolute atomic E-state index is 16.3. The molecule has 0 saturated carbocycles. The van der Waals surface area contributed by atoms with Crippen molar-refractivity contribution in [3.63, 3.8) is 0 Å². The molecule has 2 N–H and O–H groups in total. The van der Waals surface area contributed by atoms with Gasteiger partial charge in [-0.25, -0.2) is 0 Å². The first-order chi connectivity index (χ1) is 21.9. The average Bonchev–Trinajstić information content (AvgIpc) is 3.45. The Balaban J connectivity index is 1.31. The molecule has 3 amide bonds. The van der Waals surface area contributed by atoms with E-state index in [4.69, 9.17) is 9.47 Å². The molecule has 1 saturated heterocycles. The Morgan fingerprint density at radius 2 is 1.80 bits per heavy atom. The smallest absolute Gasteiger partial charge is 0.264 e. The molecule has 6 rings (SSSR count). The summed E-state index contributed by atoms with van der Waals surface area (Å²) in [6.07, 6.45) is -0.444. The second kappa shape index (κ2) is 11.9. The summed E-state index contributed by atoms with van der Waals surface area (Å²) in [7, 11) is -0.295. The van der Waals surface area contributed by atoms with Crippen LogP contribution in [-0.2, 0) is 32.9 Å². The maximum atomic E-state index is 16.3. The largest absolute Gasteiger partial charge is 0.497 e. The number of halogens is 1. The number of carbonyl (C=O) groups is 3. The van der Waals surface area contributed by atoms with Crippen LogP contribution in [0.5, 0.6) is 5.75 Å². The van der Waals surface area contributed by atoms with Crippen LogP contribution in [-0.4, -0.2) is 69.0 Å². The fourth-order valence-corrected chi connectivity index (χ4v) is 10.2. The van der Waals surface area contributed by atoms with Crippen molar-refractivity contribution in [2.75, 3.05) is 31.0 Å². The predicted octanol–water partition coefficient (Wildman–Crippen LogP) is 5.03. The highest BCUT2D eigenvalue weighted by Crippen LogP contribution is 2.60. The number of likely N-dealkylation sites (N-methyl/N-ethyl adjacent to an activating group) is 1. The summed E-state index contributed by atoms with van der Waals surface area (Å²) in [6, 6.07) is 19.4. The van der Waals surface area contributed by atoms with Crippen molar-refractivity contribution in [1.29, 1.82) is 0 Å². The molecule has 0 bridgehead atoms. The fourth-order valence-electron chi connectivity index (χ4n) is 7.71. The predicted molar refractivity (Wildman–Crippen MR) is 175 cm³/mol. The molecule has 3 aliphatic rings. The molecule has 0 unspecified atom stereocenters. The van der Waals surface area contributed by atoms with Crippen LogP contribution < -0.4 is 15.0 Å². The monoisotopic (exact) mass is 645 g/mol. The van der Waals surface area contributed by atoms with Crippen LogP contribution >= 0.6 is 0 Å². The highest BCUT2D eigenvalue weighted by Gasteiger charge is 2.66. The number of aliphatic hydroxyl groups is 1. The molecule has 1 fully saturated rings. The third-order valence-corrected chi connectivity index (χ3v) is 12.4. The number of anilines is 2. The van der Waals surface area contributed by atoms with E-state index in [-0.39, 0.29) is 30.7 Å². The van der Waals surface area contributed by atoms with Crippen LogP contribution in [0.15, 0.2) is 66.7 Å². The summed E-state index contributed by atoms with van der Waals surface area (Å²) >= 11 is 0. The Kier molecular flexibility index (Phi) is 8.28. The number of nitrogens with one attached hydrogen (secondary N) is 1. The molecule has 1 spiro atoms. The van der Waals surface area contributed by atoms with Gasteiger partial charge in [-0.2, -0.15) is 0 Å². The second-order valence-electron chi connectivity index (χ2n) is 13.1. The lowest BCUT2D eigenvalue weighted by atomic mass is 9.82. The SMILES string of the molecule is COc1ccc(C(=O)Nc2ccc3c(c2)[C@]2(O[C@@H](CC(=O)N4Cc5ccccc5C[C@H]4CO)[C@H]([Si](C)(C)F)[C@H]2C)C(=O)N3C)cc1. The standard InChI is InChI=1S/C35H40FN3O6Si/c1-21-32(46(4,5)36)30(18-31(41)39-19-24-9-7-6-8-23(24)16-26(39)20-40)45-35(21)28-17-25(12-15-29(28)38(2)34(35)43)37-33(42)22-10-13-27(44-3)14-11-22/h6-15,17,21,26,30,32,40H,16,18-20H2,1-5H3,(H,37,42)/t21-,26+,30+,32-,35+/m1/s1. The van der Waals surface area contributed by atoms with E-state index in [2.05, 4.69) is 5.32 Å². The van der Waals surface area contributed by atoms with Crippen molar-refractivity contribution in [2.45, 2.75) is 62.7 Å². The average molecular weight is 646 g/mol. The number of nitrogens with zero attached hydrogens (tertiary/aromatic N) is 2. The van der Waals surface area contributed by atoms with Gasteiger partial charge in [-0.3, -0.25) is 14.4 Å². The molecule has 3 aliphatic heterocycles. The number of ether oxygens (including phenoxy) is 2. The van der Waals surface area contributed by atoms with Crippen LogP contribution in [0.1, 0.15) is 40.4 Å². The van der Waals surface area contributed by atoms with Gasteiger partial charge in [0.1, 0.15) is 5.75 Å². The number of fused-ring (bicyclic) bond motifs is 3. The van der Waals surface area contributed by atoms with E-state index in [0.717, 1.165) is 11.1 Å². The van der Waals surface area contributed by atoms with Gasteiger partial charge >= 0.3 is 0 Å². The van der Waals surface area contributed by atoms with Crippen molar-refractivity contribution in [3.8, 4) is 5.75 Å². The minimum Gasteiger partial charge on any atom is -0.497 e. The van der Waals surface area contributed by atoms with Gasteiger partial charge in [0.15, 0.2) is 5.60 Å². The van der Waals surface area contributed by atoms with Gasteiger partial charge in [-0.05, 0) is 73.1 Å². The zero-order chi connectivity index (χ0) is 33.0. The summed E-state index contributed by atoms with van der Waals surface area (Å²) < 4.78 is 28.2. The van der Waals surface area contributed by atoms with E-state index >= 15 is 4.11 Å². The van der Waals surface area contributed by atoms with Gasteiger partial charge in [-0.15, -0.1) is 0 Å². The lowest BCUT2D eigenvalue weighted by molar-refractivity contribution is -0.150. The lowest BCUT2D eigenvalue weighted by Crippen LogP contribution is -2.48. The number of carbonyl (C=O) groups excluding carboxylic acids is 3. The van der Waals surface area contributed by atoms with Crippen molar-refractivity contribution in [2.24, 2.45) is 5.92 Å². The van der Waals surface area contributed by atoms with E-state index in [1.165, 1.54) is 4.90 Å². The normalized spacial score (nSPS) is 25.4. The van der Waals surface area contributed by atoms with Crippen LogP contribution in [0.4, 0.5) is 15.5 Å². The minimum absolute atomic E-state index is 0.115. The van der Waals surface area contributed by atoms with Crippen molar-refractivity contribution in [3.05, 3.63) is 89.0 Å². The van der Waals surface area contributed by atoms with E-state index in [0.29, 0.717) is 41.2 Å². The molecule has 0 radical (unpaired) electrons. The second-order valence-corrected chi connectivity index (χ2v) is 16.9. The number of methoxy groups -OCH3 is 1. The van der Waals surface area contributed by atoms with E-state index < -0.39 is 37.6 Å². The van der Waals surface area contributed by atoms with Gasteiger partial charge < -0.3 is 33.8 Å². The first-order valence-electron chi connectivity index (χ1n) is 15.6. The summed E-state index contributed by atoms with van der Waals surface area (Å²) in [6.45, 7) is 5.17. The first-order valence-corrected chi connectivity index (χ1v) is 18.6. The van der Waals surface area contributed by atoms with Gasteiger partial charge in [-0.1, -0.05) is 31.2 Å². The van der Waals surface area contributed by atoms with E-state index in [9.17, 15) is 19.5 Å². The zero-order valence-corrected chi connectivity index (χ0v) is 27.7. The molecule has 3 aromatic rings. The molecule has 0 aliphatic carbocycles. The summed E-state index contributed by atoms with van der Waals surface area (Å²) in [5.41, 5.74) is 1.96. The third kappa shape index (κ3) is 5.29. The Morgan fingerprint density at radius 1 is 1.11 bits per heavy atom. The highest BCUT2D eigenvalue weighted by atomic mass is 28.4. The van der Waals surface area contributed by atoms with Crippen LogP contribution in [0.2, 0.25) is 18.6 Å². The summed E-state index contributed by atoms with van der Waals surface area (Å²) in [5.74, 6) is -0.868. The number of amides is 3. The Bertz CT molecular complexity index is 1680. The summed E-state index contributed by atoms with van der Waals surface area (Å²) in [4.78, 5) is 44.3. The Morgan fingerprint density at radius 3 is 2.46 bits per heavy atom. The molecule has 3 heterocycles. The zero-order valence-electron chi connectivity index (χ0n) is 26.7. The fraction of sp³-hybridized carbons (Fsp3) is 0.400. The Hall–Kier alpha value is -4.06. The minimum atomic E-state index is -3.50. The third-order valence-electron chi connectivity index (χ3n) is 9.96. The molecular weight excluding hydrogens is 605 g/mol. The number of aliphatic hydroxyl groups excluding tert-OH is 1. The molecule has 46 heavy (non-hydrogen) atoms. The number of benzene rings is 3. The van der Waals surface area contributed by atoms with Gasteiger partial charge in [0.05, 0.1) is 38.0 Å². The number of hydrogen-bond donors (Lipinski definition) is 2.